The van der Waals surface area contributed by atoms with Crippen LogP contribution in [-0.4, -0.2) is 26.8 Å². The number of rotatable bonds is 5. The molecule has 4 rings (SSSR count). The fourth-order valence-corrected chi connectivity index (χ4v) is 3.12. The Morgan fingerprint density at radius 2 is 1.80 bits per heavy atom. The van der Waals surface area contributed by atoms with Crippen LogP contribution in [0.5, 0.6) is 11.5 Å². The Morgan fingerprint density at radius 1 is 0.967 bits per heavy atom. The van der Waals surface area contributed by atoms with Crippen molar-refractivity contribution < 1.29 is 27.8 Å². The van der Waals surface area contributed by atoms with Gasteiger partial charge in [-0.1, -0.05) is 12.1 Å². The van der Waals surface area contributed by atoms with Gasteiger partial charge < -0.3 is 23.0 Å². The minimum absolute atomic E-state index is 0.199. The average Bonchev–Trinajstić information content (AvgIpc) is 2.75. The summed E-state index contributed by atoms with van der Waals surface area (Å²) in [5.41, 5.74) is -0.182. The van der Waals surface area contributed by atoms with Crippen LogP contribution in [0.25, 0.3) is 33.1 Å². The summed E-state index contributed by atoms with van der Waals surface area (Å²) < 4.78 is 25.8. The average molecular weight is 408 g/mol. The number of para-hydroxylation sites is 1. The Morgan fingerprint density at radius 3 is 2.57 bits per heavy atom. The van der Waals surface area contributed by atoms with Crippen LogP contribution in [0.2, 0.25) is 0 Å². The zero-order valence-corrected chi connectivity index (χ0v) is 16.1. The topological polar surface area (TPSA) is 105 Å². The van der Waals surface area contributed by atoms with E-state index < -0.39 is 17.2 Å². The minimum Gasteiger partial charge on any atom is -0.493 e. The third-order valence-corrected chi connectivity index (χ3v) is 4.53. The van der Waals surface area contributed by atoms with Gasteiger partial charge in [0.1, 0.15) is 11.3 Å². The van der Waals surface area contributed by atoms with Crippen LogP contribution in [0.4, 0.5) is 0 Å². The Bertz CT molecular complexity index is 1380. The molecule has 0 fully saturated rings. The summed E-state index contributed by atoms with van der Waals surface area (Å²) in [4.78, 5) is 36.1. The van der Waals surface area contributed by atoms with Gasteiger partial charge >= 0.3 is 17.2 Å². The van der Waals surface area contributed by atoms with Gasteiger partial charge in [0.2, 0.25) is 0 Å². The summed E-state index contributed by atoms with van der Waals surface area (Å²) in [6.07, 6.45) is 0. The van der Waals surface area contributed by atoms with Crippen molar-refractivity contribution in [3.05, 3.63) is 69.4 Å². The fourth-order valence-electron chi connectivity index (χ4n) is 3.12. The molecule has 2 heterocycles. The number of ether oxygens (including phenoxy) is 3. The van der Waals surface area contributed by atoms with Gasteiger partial charge in [-0.2, -0.15) is 0 Å². The SMILES string of the molecule is COC(=O)COc1ccc2c(-c3cc4cccc(OC)c4oc3=O)cc(=O)oc2c1. The van der Waals surface area contributed by atoms with Crippen molar-refractivity contribution in [1.82, 2.24) is 0 Å². The molecule has 8 nitrogen and oxygen atoms in total. The molecule has 0 amide bonds. The lowest BCUT2D eigenvalue weighted by Crippen LogP contribution is -2.12. The number of hydrogen-bond donors (Lipinski definition) is 0. The van der Waals surface area contributed by atoms with Gasteiger partial charge in [0.25, 0.3) is 0 Å². The van der Waals surface area contributed by atoms with E-state index in [1.54, 1.807) is 36.4 Å². The number of benzene rings is 2. The van der Waals surface area contributed by atoms with Crippen molar-refractivity contribution in [2.45, 2.75) is 0 Å². The Hall–Kier alpha value is -4.07. The molecule has 0 saturated carbocycles. The summed E-state index contributed by atoms with van der Waals surface area (Å²) in [7, 11) is 2.74. The van der Waals surface area contributed by atoms with E-state index in [0.29, 0.717) is 33.4 Å². The molecule has 0 atom stereocenters. The summed E-state index contributed by atoms with van der Waals surface area (Å²) in [5.74, 6) is 0.193. The Labute approximate surface area is 169 Å². The predicted octanol–water partition coefficient (Wildman–Crippen LogP) is 3.13. The van der Waals surface area contributed by atoms with Crippen LogP contribution in [0, 0.1) is 0 Å². The first kappa shape index (κ1) is 19.3. The van der Waals surface area contributed by atoms with Crippen molar-refractivity contribution in [3.8, 4) is 22.6 Å². The molecular weight excluding hydrogens is 392 g/mol. The van der Waals surface area contributed by atoms with Gasteiger partial charge in [0.05, 0.1) is 19.8 Å². The summed E-state index contributed by atoms with van der Waals surface area (Å²) in [6, 6.07) is 12.8. The molecule has 0 N–H and O–H groups in total. The number of methoxy groups -OCH3 is 2. The third-order valence-electron chi connectivity index (χ3n) is 4.53. The maximum absolute atomic E-state index is 12.7. The van der Waals surface area contributed by atoms with E-state index in [4.69, 9.17) is 18.3 Å². The van der Waals surface area contributed by atoms with Crippen LogP contribution in [0.1, 0.15) is 0 Å². The summed E-state index contributed by atoms with van der Waals surface area (Å²) >= 11 is 0. The lowest BCUT2D eigenvalue weighted by molar-refractivity contribution is -0.142. The molecule has 2 aromatic carbocycles. The lowest BCUT2D eigenvalue weighted by atomic mass is 10.0. The van der Waals surface area contributed by atoms with Gasteiger partial charge in [-0.05, 0) is 24.3 Å². The van der Waals surface area contributed by atoms with Gasteiger partial charge in [-0.15, -0.1) is 0 Å². The standard InChI is InChI=1S/C22H16O8/c1-26-17-5-3-4-12-8-16(22(25)30-21(12)17)15-10-19(23)29-18-9-13(6-7-14(15)18)28-11-20(24)27-2/h3-10H,11H2,1-2H3. The van der Waals surface area contributed by atoms with E-state index in [1.165, 1.54) is 26.4 Å². The fraction of sp³-hybridized carbons (Fsp3) is 0.136. The number of hydrogen-bond acceptors (Lipinski definition) is 8. The highest BCUT2D eigenvalue weighted by atomic mass is 16.6. The monoisotopic (exact) mass is 408 g/mol. The van der Waals surface area contributed by atoms with Crippen LogP contribution in [-0.2, 0) is 9.53 Å². The van der Waals surface area contributed by atoms with E-state index in [0.717, 1.165) is 0 Å². The molecule has 0 aliphatic heterocycles. The summed E-state index contributed by atoms with van der Waals surface area (Å²) in [5, 5.41) is 1.15. The Balaban J connectivity index is 1.86. The number of esters is 1. The maximum Gasteiger partial charge on any atom is 0.344 e. The van der Waals surface area contributed by atoms with Crippen molar-refractivity contribution in [1.29, 1.82) is 0 Å². The molecule has 0 aliphatic carbocycles. The van der Waals surface area contributed by atoms with Gasteiger partial charge in [0, 0.05) is 28.5 Å². The smallest absolute Gasteiger partial charge is 0.344 e. The molecule has 0 aliphatic rings. The predicted molar refractivity (Wildman–Crippen MR) is 108 cm³/mol. The minimum atomic E-state index is -0.646. The van der Waals surface area contributed by atoms with E-state index in [1.807, 2.05) is 0 Å². The van der Waals surface area contributed by atoms with Crippen molar-refractivity contribution >= 4 is 27.9 Å². The normalized spacial score (nSPS) is 10.9. The highest BCUT2D eigenvalue weighted by Crippen LogP contribution is 2.31. The molecule has 8 heteroatoms. The van der Waals surface area contributed by atoms with Crippen LogP contribution >= 0.6 is 0 Å². The molecule has 4 aromatic rings. The second kappa shape index (κ2) is 7.75. The second-order valence-electron chi connectivity index (χ2n) is 6.33. The number of fused-ring (bicyclic) bond motifs is 2. The molecule has 0 unspecified atom stereocenters. The van der Waals surface area contributed by atoms with Crippen LogP contribution in [0.3, 0.4) is 0 Å². The largest absolute Gasteiger partial charge is 0.493 e. The molecule has 0 spiro atoms. The first-order valence-electron chi connectivity index (χ1n) is 8.89. The van der Waals surface area contributed by atoms with E-state index in [2.05, 4.69) is 4.74 Å². The zero-order valence-electron chi connectivity index (χ0n) is 16.1. The van der Waals surface area contributed by atoms with E-state index in [-0.39, 0.29) is 17.8 Å². The molecule has 152 valence electrons. The third kappa shape index (κ3) is 3.50. The molecule has 0 saturated heterocycles. The molecule has 30 heavy (non-hydrogen) atoms. The maximum atomic E-state index is 12.7. The van der Waals surface area contributed by atoms with Crippen molar-refractivity contribution in [2.24, 2.45) is 0 Å². The van der Waals surface area contributed by atoms with Crippen molar-refractivity contribution in [2.75, 3.05) is 20.8 Å². The van der Waals surface area contributed by atoms with Gasteiger partial charge in [-0.25, -0.2) is 14.4 Å². The second-order valence-corrected chi connectivity index (χ2v) is 6.33. The molecule has 0 radical (unpaired) electrons. The zero-order chi connectivity index (χ0) is 21.3. The number of carbonyl (C=O) groups excluding carboxylic acids is 1. The molecular formula is C22H16O8. The van der Waals surface area contributed by atoms with Crippen LogP contribution in [0.15, 0.2) is 67.0 Å². The first-order chi connectivity index (χ1) is 14.5. The van der Waals surface area contributed by atoms with E-state index in [9.17, 15) is 14.4 Å². The van der Waals surface area contributed by atoms with E-state index >= 15 is 0 Å². The van der Waals surface area contributed by atoms with Gasteiger partial charge in [-0.3, -0.25) is 0 Å². The molecule has 2 aromatic heterocycles. The lowest BCUT2D eigenvalue weighted by Gasteiger charge is -2.09. The van der Waals surface area contributed by atoms with Crippen molar-refractivity contribution in [3.63, 3.8) is 0 Å². The highest BCUT2D eigenvalue weighted by Gasteiger charge is 2.16. The highest BCUT2D eigenvalue weighted by molar-refractivity contribution is 5.96. The number of carbonyl (C=O) groups is 1. The first-order valence-corrected chi connectivity index (χ1v) is 8.89. The summed E-state index contributed by atoms with van der Waals surface area (Å²) in [6.45, 7) is -0.290. The quantitative estimate of drug-likeness (QED) is 0.366. The van der Waals surface area contributed by atoms with Crippen LogP contribution < -0.4 is 20.7 Å². The molecule has 0 bridgehead atoms. The Kier molecular flexibility index (Phi) is 4.97. The van der Waals surface area contributed by atoms with Gasteiger partial charge in [0.15, 0.2) is 17.9 Å².